The van der Waals surface area contributed by atoms with Crippen LogP contribution in [0.3, 0.4) is 0 Å². The van der Waals surface area contributed by atoms with Crippen LogP contribution in [0.1, 0.15) is 23.7 Å². The molecule has 0 saturated heterocycles. The second-order valence-corrected chi connectivity index (χ2v) is 4.38. The van der Waals surface area contributed by atoms with Crippen molar-refractivity contribution in [2.75, 3.05) is 0 Å². The van der Waals surface area contributed by atoms with Crippen molar-refractivity contribution in [3.05, 3.63) is 28.8 Å². The summed E-state index contributed by atoms with van der Waals surface area (Å²) >= 11 is 10.7. The Bertz CT molecular complexity index is 451. The Hall–Kier alpha value is -1.33. The Balaban J connectivity index is 2.89. The van der Waals surface area contributed by atoms with E-state index < -0.39 is 5.91 Å². The van der Waals surface area contributed by atoms with Crippen molar-refractivity contribution in [1.29, 1.82) is 0 Å². The van der Waals surface area contributed by atoms with E-state index in [0.717, 1.165) is 0 Å². The van der Waals surface area contributed by atoms with Crippen molar-refractivity contribution >= 4 is 34.7 Å². The summed E-state index contributed by atoms with van der Waals surface area (Å²) in [6, 6.07) is 3.78. The van der Waals surface area contributed by atoms with Crippen molar-refractivity contribution in [1.82, 2.24) is 5.32 Å². The predicted molar refractivity (Wildman–Crippen MR) is 71.4 cm³/mol. The maximum atomic E-state index is 11.9. The summed E-state index contributed by atoms with van der Waals surface area (Å²) in [6.07, 6.45) is 0.595. The van der Waals surface area contributed by atoms with E-state index in [0.29, 0.717) is 6.42 Å². The third-order valence-corrected chi connectivity index (χ3v) is 2.87. The van der Waals surface area contributed by atoms with Gasteiger partial charge in [0.25, 0.3) is 5.91 Å². The molecule has 17 heavy (non-hydrogen) atoms. The standard InChI is InChI=1S/C11H13ClN2O2S/c1-2-9(10(13)17)14-11(16)7-5-6(15)3-4-8(7)12/h3-5,9,15H,2H2,1H3,(H2,13,17)(H,14,16). The summed E-state index contributed by atoms with van der Waals surface area (Å²) < 4.78 is 0. The summed E-state index contributed by atoms with van der Waals surface area (Å²) in [4.78, 5) is 12.1. The van der Waals surface area contributed by atoms with Crippen LogP contribution in [0, 0.1) is 0 Å². The van der Waals surface area contributed by atoms with Crippen LogP contribution in [0.2, 0.25) is 5.02 Å². The SMILES string of the molecule is CCC(NC(=O)c1cc(O)ccc1Cl)C(N)=S. The molecule has 0 aliphatic rings. The highest BCUT2D eigenvalue weighted by Crippen LogP contribution is 2.21. The summed E-state index contributed by atoms with van der Waals surface area (Å²) in [6.45, 7) is 1.86. The van der Waals surface area contributed by atoms with Crippen LogP contribution >= 0.6 is 23.8 Å². The lowest BCUT2D eigenvalue weighted by Gasteiger charge is -2.15. The molecule has 0 spiro atoms. The molecule has 0 bridgehead atoms. The van der Waals surface area contributed by atoms with Gasteiger partial charge in [0.05, 0.1) is 21.6 Å². The summed E-state index contributed by atoms with van der Waals surface area (Å²) in [7, 11) is 0. The van der Waals surface area contributed by atoms with Crippen molar-refractivity contribution in [2.45, 2.75) is 19.4 Å². The average Bonchev–Trinajstić information content (AvgIpc) is 2.28. The van der Waals surface area contributed by atoms with Gasteiger partial charge in [0.1, 0.15) is 5.75 Å². The Labute approximate surface area is 110 Å². The highest BCUT2D eigenvalue weighted by atomic mass is 35.5. The highest BCUT2D eigenvalue weighted by molar-refractivity contribution is 7.80. The number of phenols is 1. The fourth-order valence-electron chi connectivity index (χ4n) is 1.30. The minimum Gasteiger partial charge on any atom is -0.508 e. The van der Waals surface area contributed by atoms with E-state index in [2.05, 4.69) is 5.32 Å². The van der Waals surface area contributed by atoms with Gasteiger partial charge in [-0.15, -0.1) is 0 Å². The molecule has 6 heteroatoms. The lowest BCUT2D eigenvalue weighted by molar-refractivity contribution is 0.0946. The first-order chi connectivity index (χ1) is 7.95. The number of carbonyl (C=O) groups excluding carboxylic acids is 1. The van der Waals surface area contributed by atoms with Gasteiger partial charge in [-0.1, -0.05) is 30.7 Å². The molecule has 0 heterocycles. The second-order valence-electron chi connectivity index (χ2n) is 3.50. The number of halogens is 1. The molecule has 92 valence electrons. The molecule has 4 nitrogen and oxygen atoms in total. The van der Waals surface area contributed by atoms with E-state index >= 15 is 0 Å². The fourth-order valence-corrected chi connectivity index (χ4v) is 1.73. The Morgan fingerprint density at radius 1 is 1.65 bits per heavy atom. The molecule has 0 fully saturated rings. The molecule has 1 atom stereocenters. The van der Waals surface area contributed by atoms with Crippen LogP contribution in [0.15, 0.2) is 18.2 Å². The normalized spacial score (nSPS) is 11.9. The second kappa shape index (κ2) is 5.84. The number of nitrogens with one attached hydrogen (secondary N) is 1. The van der Waals surface area contributed by atoms with Crippen LogP contribution in [0.5, 0.6) is 5.75 Å². The van der Waals surface area contributed by atoms with Gasteiger partial charge in [0.2, 0.25) is 0 Å². The first kappa shape index (κ1) is 13.7. The third kappa shape index (κ3) is 3.57. The number of hydrogen-bond donors (Lipinski definition) is 3. The quantitative estimate of drug-likeness (QED) is 0.731. The van der Waals surface area contributed by atoms with Gasteiger partial charge in [-0.25, -0.2) is 0 Å². The Kier molecular flexibility index (Phi) is 4.72. The van der Waals surface area contributed by atoms with Crippen LogP contribution < -0.4 is 11.1 Å². The average molecular weight is 273 g/mol. The van der Waals surface area contributed by atoms with E-state index in [1.165, 1.54) is 18.2 Å². The summed E-state index contributed by atoms with van der Waals surface area (Å²) in [5.74, 6) is -0.437. The van der Waals surface area contributed by atoms with Gasteiger partial charge in [-0.3, -0.25) is 4.79 Å². The van der Waals surface area contributed by atoms with Crippen LogP contribution in [0.25, 0.3) is 0 Å². The maximum absolute atomic E-state index is 11.9. The number of benzene rings is 1. The van der Waals surface area contributed by atoms with Gasteiger partial charge in [-0.05, 0) is 24.6 Å². The largest absolute Gasteiger partial charge is 0.508 e. The molecule has 1 rings (SSSR count). The van der Waals surface area contributed by atoms with Gasteiger partial charge in [0, 0.05) is 0 Å². The lowest BCUT2D eigenvalue weighted by atomic mass is 10.1. The molecular formula is C11H13ClN2O2S. The number of aromatic hydroxyl groups is 1. The number of rotatable bonds is 4. The molecule has 1 aromatic carbocycles. The minimum atomic E-state index is -0.412. The lowest BCUT2D eigenvalue weighted by Crippen LogP contribution is -2.43. The first-order valence-electron chi connectivity index (χ1n) is 5.04. The van der Waals surface area contributed by atoms with Gasteiger partial charge < -0.3 is 16.2 Å². The Morgan fingerprint density at radius 2 is 2.29 bits per heavy atom. The van der Waals surface area contributed by atoms with E-state index in [9.17, 15) is 9.90 Å². The van der Waals surface area contributed by atoms with E-state index in [1.807, 2.05) is 6.92 Å². The first-order valence-corrected chi connectivity index (χ1v) is 5.83. The zero-order valence-electron chi connectivity index (χ0n) is 9.24. The third-order valence-electron chi connectivity index (χ3n) is 2.25. The zero-order chi connectivity index (χ0) is 13.0. The number of nitrogens with two attached hydrogens (primary N) is 1. The van der Waals surface area contributed by atoms with E-state index in [1.54, 1.807) is 0 Å². The topological polar surface area (TPSA) is 75.3 Å². The Morgan fingerprint density at radius 3 is 2.82 bits per heavy atom. The molecular weight excluding hydrogens is 260 g/mol. The minimum absolute atomic E-state index is 0.0251. The number of thiocarbonyl (C=S) groups is 1. The number of amides is 1. The monoisotopic (exact) mass is 272 g/mol. The molecule has 0 saturated carbocycles. The number of phenolic OH excluding ortho intramolecular Hbond substituents is 1. The fraction of sp³-hybridized carbons (Fsp3) is 0.273. The van der Waals surface area contributed by atoms with Crippen molar-refractivity contribution < 1.29 is 9.90 Å². The van der Waals surface area contributed by atoms with E-state index in [-0.39, 0.29) is 27.4 Å². The summed E-state index contributed by atoms with van der Waals surface area (Å²) in [5.41, 5.74) is 5.67. The van der Waals surface area contributed by atoms with E-state index in [4.69, 9.17) is 29.6 Å². The number of hydrogen-bond acceptors (Lipinski definition) is 3. The molecule has 4 N–H and O–H groups in total. The molecule has 0 aromatic heterocycles. The van der Waals surface area contributed by atoms with Crippen molar-refractivity contribution in [3.8, 4) is 5.75 Å². The van der Waals surface area contributed by atoms with Crippen LogP contribution in [-0.4, -0.2) is 22.0 Å². The molecule has 1 aromatic rings. The van der Waals surface area contributed by atoms with Gasteiger partial charge >= 0.3 is 0 Å². The molecule has 1 unspecified atom stereocenters. The molecule has 0 radical (unpaired) electrons. The van der Waals surface area contributed by atoms with Crippen molar-refractivity contribution in [2.24, 2.45) is 5.73 Å². The number of carbonyl (C=O) groups is 1. The highest BCUT2D eigenvalue weighted by Gasteiger charge is 2.16. The van der Waals surface area contributed by atoms with Crippen LogP contribution in [-0.2, 0) is 0 Å². The predicted octanol–water partition coefficient (Wildman–Crippen LogP) is 1.84. The van der Waals surface area contributed by atoms with Gasteiger partial charge in [0.15, 0.2) is 0 Å². The smallest absolute Gasteiger partial charge is 0.253 e. The molecule has 1 amide bonds. The maximum Gasteiger partial charge on any atom is 0.253 e. The molecule has 0 aliphatic carbocycles. The molecule has 0 aliphatic heterocycles. The summed E-state index contributed by atoms with van der Waals surface area (Å²) in [5, 5.41) is 12.2. The van der Waals surface area contributed by atoms with Crippen LogP contribution in [0.4, 0.5) is 0 Å². The van der Waals surface area contributed by atoms with Crippen molar-refractivity contribution in [3.63, 3.8) is 0 Å². The van der Waals surface area contributed by atoms with Gasteiger partial charge in [-0.2, -0.15) is 0 Å². The zero-order valence-corrected chi connectivity index (χ0v) is 10.8.